The van der Waals surface area contributed by atoms with Crippen LogP contribution in [0, 0.1) is 0 Å². The molecule has 0 N–H and O–H groups in total. The van der Waals surface area contributed by atoms with E-state index in [4.69, 9.17) is 0 Å². The zero-order valence-corrected chi connectivity index (χ0v) is 11.4. The van der Waals surface area contributed by atoms with Gasteiger partial charge in [-0.15, -0.1) is 0 Å². The topological polar surface area (TPSA) is 31.7 Å². The Morgan fingerprint density at radius 1 is 0.800 bits per heavy atom. The molecule has 1 aliphatic heterocycles. The second kappa shape index (κ2) is 5.74. The molecule has 0 bridgehead atoms. The average molecular weight is 266 g/mol. The summed E-state index contributed by atoms with van der Waals surface area (Å²) in [6.45, 7) is 7.67. The van der Waals surface area contributed by atoms with Gasteiger partial charge in [0.2, 0.25) is 0 Å². The Bertz CT molecular complexity index is 557. The molecule has 1 saturated heterocycles. The molecule has 0 unspecified atom stereocenters. The van der Waals surface area contributed by atoms with E-state index in [2.05, 4.69) is 50.8 Å². The summed E-state index contributed by atoms with van der Waals surface area (Å²) < 4.78 is 0. The van der Waals surface area contributed by atoms with E-state index < -0.39 is 0 Å². The molecule has 0 aliphatic carbocycles. The van der Waals surface area contributed by atoms with E-state index in [9.17, 15) is 0 Å². The number of rotatable bonds is 3. The van der Waals surface area contributed by atoms with Gasteiger partial charge in [-0.3, -0.25) is 9.98 Å². The molecule has 0 spiro atoms. The molecular weight excluding hydrogens is 248 g/mol. The van der Waals surface area contributed by atoms with Gasteiger partial charge >= 0.3 is 0 Å². The van der Waals surface area contributed by atoms with E-state index in [0.717, 1.165) is 31.9 Å². The zero-order valence-electron chi connectivity index (χ0n) is 11.4. The first-order valence-electron chi connectivity index (χ1n) is 6.83. The molecule has 4 nitrogen and oxygen atoms in total. The third-order valence-corrected chi connectivity index (χ3v) is 3.70. The minimum Gasteiger partial charge on any atom is -0.368 e. The molecular formula is C16H18N4. The van der Waals surface area contributed by atoms with Gasteiger partial charge < -0.3 is 9.80 Å². The maximum Gasteiger partial charge on any atom is 0.0623 e. The quantitative estimate of drug-likeness (QED) is 0.801. The second-order valence-electron chi connectivity index (χ2n) is 4.85. The van der Waals surface area contributed by atoms with Crippen LogP contribution < -0.4 is 9.80 Å². The maximum atomic E-state index is 4.07. The molecule has 1 aromatic heterocycles. The lowest BCUT2D eigenvalue weighted by Gasteiger charge is -2.37. The maximum absolute atomic E-state index is 4.07. The molecule has 0 atom stereocenters. The van der Waals surface area contributed by atoms with E-state index in [1.165, 1.54) is 11.4 Å². The summed E-state index contributed by atoms with van der Waals surface area (Å²) in [4.78, 5) is 12.8. The highest BCUT2D eigenvalue weighted by Gasteiger charge is 2.17. The van der Waals surface area contributed by atoms with Crippen molar-refractivity contribution < 1.29 is 0 Å². The van der Waals surface area contributed by atoms with Crippen molar-refractivity contribution in [1.82, 2.24) is 4.98 Å². The number of nitrogens with zero attached hydrogens (tertiary/aromatic N) is 4. The number of benzene rings is 1. The van der Waals surface area contributed by atoms with Crippen molar-refractivity contribution in [3.8, 4) is 0 Å². The standard InChI is InChI=1S/C16H18N4/c1-17-14-2-4-15(5-3-14)19-10-12-20(13-11-19)16-6-8-18-9-7-16/h2-9H,1,10-13H2. The van der Waals surface area contributed by atoms with Crippen LogP contribution in [0.15, 0.2) is 53.8 Å². The Morgan fingerprint density at radius 2 is 1.30 bits per heavy atom. The molecule has 0 radical (unpaired) electrons. The largest absolute Gasteiger partial charge is 0.368 e. The van der Waals surface area contributed by atoms with Gasteiger partial charge in [-0.25, -0.2) is 0 Å². The average Bonchev–Trinajstić information content (AvgIpc) is 2.56. The van der Waals surface area contributed by atoms with Gasteiger partial charge in [-0.05, 0) is 43.1 Å². The van der Waals surface area contributed by atoms with Gasteiger partial charge in [0.1, 0.15) is 0 Å². The van der Waals surface area contributed by atoms with Gasteiger partial charge in [0.05, 0.1) is 5.69 Å². The van der Waals surface area contributed by atoms with Crippen molar-refractivity contribution in [2.75, 3.05) is 36.0 Å². The Kier molecular flexibility index (Phi) is 3.63. The molecule has 2 aromatic rings. The predicted molar refractivity (Wildman–Crippen MR) is 84.3 cm³/mol. The summed E-state index contributed by atoms with van der Waals surface area (Å²) in [6, 6.07) is 12.4. The third kappa shape index (κ3) is 2.64. The van der Waals surface area contributed by atoms with Gasteiger partial charge in [0.25, 0.3) is 0 Å². The van der Waals surface area contributed by atoms with Crippen LogP contribution in [0.3, 0.4) is 0 Å². The fourth-order valence-electron chi connectivity index (χ4n) is 2.55. The summed E-state index contributed by atoms with van der Waals surface area (Å²) >= 11 is 0. The van der Waals surface area contributed by atoms with Crippen LogP contribution in [0.5, 0.6) is 0 Å². The van der Waals surface area contributed by atoms with Crippen LogP contribution in [0.1, 0.15) is 0 Å². The van der Waals surface area contributed by atoms with E-state index in [1.54, 1.807) is 0 Å². The zero-order chi connectivity index (χ0) is 13.8. The van der Waals surface area contributed by atoms with Crippen LogP contribution >= 0.6 is 0 Å². The molecule has 1 fully saturated rings. The highest BCUT2D eigenvalue weighted by Crippen LogP contribution is 2.22. The van der Waals surface area contributed by atoms with Crippen LogP contribution in [0.25, 0.3) is 0 Å². The normalized spacial score (nSPS) is 15.2. The number of hydrogen-bond donors (Lipinski definition) is 0. The fraction of sp³-hybridized carbons (Fsp3) is 0.250. The van der Waals surface area contributed by atoms with Crippen LogP contribution in [0.2, 0.25) is 0 Å². The van der Waals surface area contributed by atoms with E-state index in [0.29, 0.717) is 0 Å². The Balaban J connectivity index is 1.64. The van der Waals surface area contributed by atoms with Crippen molar-refractivity contribution in [1.29, 1.82) is 0 Å². The molecule has 0 saturated carbocycles. The third-order valence-electron chi connectivity index (χ3n) is 3.70. The number of hydrogen-bond acceptors (Lipinski definition) is 4. The van der Waals surface area contributed by atoms with Crippen molar-refractivity contribution >= 4 is 23.8 Å². The van der Waals surface area contributed by atoms with Crippen molar-refractivity contribution in [3.63, 3.8) is 0 Å². The van der Waals surface area contributed by atoms with Crippen molar-refractivity contribution in [2.24, 2.45) is 4.99 Å². The molecule has 102 valence electrons. The molecule has 0 amide bonds. The molecule has 1 aromatic carbocycles. The molecule has 1 aliphatic rings. The molecule has 4 heteroatoms. The first kappa shape index (κ1) is 12.7. The Labute approximate surface area is 119 Å². The van der Waals surface area contributed by atoms with E-state index in [1.807, 2.05) is 24.5 Å². The highest BCUT2D eigenvalue weighted by molar-refractivity contribution is 5.56. The monoisotopic (exact) mass is 266 g/mol. The first-order chi connectivity index (χ1) is 9.86. The van der Waals surface area contributed by atoms with Gasteiger partial charge in [0.15, 0.2) is 0 Å². The number of anilines is 2. The molecule has 20 heavy (non-hydrogen) atoms. The molecule has 3 rings (SSSR count). The lowest BCUT2D eigenvalue weighted by molar-refractivity contribution is 0.653. The Hall–Kier alpha value is -2.36. The Morgan fingerprint density at radius 3 is 1.80 bits per heavy atom. The highest BCUT2D eigenvalue weighted by atomic mass is 15.3. The first-order valence-corrected chi connectivity index (χ1v) is 6.83. The second-order valence-corrected chi connectivity index (χ2v) is 4.85. The van der Waals surface area contributed by atoms with Gasteiger partial charge in [-0.2, -0.15) is 0 Å². The lowest BCUT2D eigenvalue weighted by atomic mass is 10.2. The van der Waals surface area contributed by atoms with Crippen LogP contribution in [0.4, 0.5) is 17.1 Å². The van der Waals surface area contributed by atoms with Crippen molar-refractivity contribution in [2.45, 2.75) is 0 Å². The van der Waals surface area contributed by atoms with Gasteiger partial charge in [-0.1, -0.05) is 0 Å². The number of pyridine rings is 1. The summed E-state index contributed by atoms with van der Waals surface area (Å²) in [7, 11) is 0. The number of aliphatic imine (C=N–C) groups is 1. The minimum absolute atomic E-state index is 0.921. The summed E-state index contributed by atoms with van der Waals surface area (Å²) in [5.74, 6) is 0. The molecule has 2 heterocycles. The fourth-order valence-corrected chi connectivity index (χ4v) is 2.55. The van der Waals surface area contributed by atoms with E-state index >= 15 is 0 Å². The smallest absolute Gasteiger partial charge is 0.0623 e. The number of aromatic nitrogens is 1. The van der Waals surface area contributed by atoms with Gasteiger partial charge in [0, 0.05) is 49.9 Å². The minimum atomic E-state index is 0.921. The van der Waals surface area contributed by atoms with Crippen molar-refractivity contribution in [3.05, 3.63) is 48.8 Å². The number of piperazine rings is 1. The summed E-state index contributed by atoms with van der Waals surface area (Å²) in [5.41, 5.74) is 3.43. The lowest BCUT2D eigenvalue weighted by Crippen LogP contribution is -2.46. The van der Waals surface area contributed by atoms with Crippen LogP contribution in [-0.2, 0) is 0 Å². The SMILES string of the molecule is C=Nc1ccc(N2CCN(c3ccncc3)CC2)cc1. The van der Waals surface area contributed by atoms with E-state index in [-0.39, 0.29) is 0 Å². The summed E-state index contributed by atoms with van der Waals surface area (Å²) in [6.07, 6.45) is 3.70. The predicted octanol–water partition coefficient (Wildman–Crippen LogP) is 2.74. The summed E-state index contributed by atoms with van der Waals surface area (Å²) in [5, 5.41) is 0. The van der Waals surface area contributed by atoms with Crippen LogP contribution in [-0.4, -0.2) is 37.9 Å².